The minimum Gasteiger partial charge on any atom is -0.347 e. The second-order valence-corrected chi connectivity index (χ2v) is 8.82. The maximum atomic E-state index is 6.43. The van der Waals surface area contributed by atoms with Gasteiger partial charge in [-0.2, -0.15) is 0 Å². The average molecular weight is 309 g/mol. The number of hydrogen-bond donors (Lipinski definition) is 0. The molecule has 1 unspecified atom stereocenters. The lowest BCUT2D eigenvalue weighted by Gasteiger charge is -2.41. The fourth-order valence-electron chi connectivity index (χ4n) is 4.50. The molecule has 3 heteroatoms. The zero-order valence-electron chi connectivity index (χ0n) is 14.9. The van der Waals surface area contributed by atoms with Crippen LogP contribution in [0.1, 0.15) is 72.1 Å². The molecule has 0 bridgehead atoms. The van der Waals surface area contributed by atoms with Crippen LogP contribution in [-0.4, -0.2) is 43.0 Å². The number of likely N-dealkylation sites (tertiary alicyclic amines) is 1. The fourth-order valence-corrected chi connectivity index (χ4v) is 4.50. The first-order valence-electron chi connectivity index (χ1n) is 9.51. The van der Waals surface area contributed by atoms with Gasteiger partial charge >= 0.3 is 0 Å². The molecule has 22 heavy (non-hydrogen) atoms. The van der Waals surface area contributed by atoms with Gasteiger partial charge in [-0.05, 0) is 50.1 Å². The smallest absolute Gasteiger partial charge is 0.168 e. The highest BCUT2D eigenvalue weighted by Gasteiger charge is 2.46. The molecule has 3 rings (SSSR count). The number of nitrogens with zero attached hydrogens (tertiary/aromatic N) is 1. The van der Waals surface area contributed by atoms with E-state index in [1.807, 2.05) is 0 Å². The van der Waals surface area contributed by atoms with Crippen molar-refractivity contribution in [3.63, 3.8) is 0 Å². The van der Waals surface area contributed by atoms with Crippen LogP contribution in [0.4, 0.5) is 0 Å². The SMILES string of the molecule is CC(C)(C)C1CCC2(CC1)OCC(CN1CCCCCC1)O2. The van der Waals surface area contributed by atoms with Crippen molar-refractivity contribution in [2.24, 2.45) is 11.3 Å². The van der Waals surface area contributed by atoms with Crippen molar-refractivity contribution in [3.05, 3.63) is 0 Å². The largest absolute Gasteiger partial charge is 0.347 e. The first-order valence-corrected chi connectivity index (χ1v) is 9.51. The van der Waals surface area contributed by atoms with E-state index in [0.29, 0.717) is 11.5 Å². The Kier molecular flexibility index (Phi) is 5.16. The van der Waals surface area contributed by atoms with Gasteiger partial charge in [-0.1, -0.05) is 33.6 Å². The predicted octanol–water partition coefficient (Wildman–Crippen LogP) is 4.21. The van der Waals surface area contributed by atoms with Crippen molar-refractivity contribution in [2.75, 3.05) is 26.2 Å². The van der Waals surface area contributed by atoms with Crippen molar-refractivity contribution in [1.29, 1.82) is 0 Å². The molecule has 0 radical (unpaired) electrons. The highest BCUT2D eigenvalue weighted by Crippen LogP contribution is 2.45. The number of hydrogen-bond acceptors (Lipinski definition) is 3. The maximum absolute atomic E-state index is 6.43. The molecule has 3 fully saturated rings. The third-order valence-corrected chi connectivity index (χ3v) is 6.05. The van der Waals surface area contributed by atoms with Gasteiger partial charge in [0.1, 0.15) is 0 Å². The zero-order valence-corrected chi connectivity index (χ0v) is 14.9. The van der Waals surface area contributed by atoms with Crippen molar-refractivity contribution >= 4 is 0 Å². The van der Waals surface area contributed by atoms with Crippen LogP contribution in [0.5, 0.6) is 0 Å². The molecule has 1 spiro atoms. The van der Waals surface area contributed by atoms with Crippen LogP contribution in [0.15, 0.2) is 0 Å². The van der Waals surface area contributed by atoms with E-state index in [4.69, 9.17) is 9.47 Å². The summed E-state index contributed by atoms with van der Waals surface area (Å²) in [5.74, 6) is 0.577. The van der Waals surface area contributed by atoms with E-state index >= 15 is 0 Å². The summed E-state index contributed by atoms with van der Waals surface area (Å²) in [5, 5.41) is 0. The van der Waals surface area contributed by atoms with Crippen molar-refractivity contribution in [1.82, 2.24) is 4.90 Å². The molecule has 2 heterocycles. The van der Waals surface area contributed by atoms with E-state index < -0.39 is 0 Å². The lowest BCUT2D eigenvalue weighted by atomic mass is 9.71. The second kappa shape index (κ2) is 6.78. The van der Waals surface area contributed by atoms with Crippen LogP contribution in [-0.2, 0) is 9.47 Å². The summed E-state index contributed by atoms with van der Waals surface area (Å²) in [6.45, 7) is 11.5. The maximum Gasteiger partial charge on any atom is 0.168 e. The quantitative estimate of drug-likeness (QED) is 0.762. The van der Waals surface area contributed by atoms with Gasteiger partial charge < -0.3 is 14.4 Å². The summed E-state index contributed by atoms with van der Waals surface area (Å²) >= 11 is 0. The van der Waals surface area contributed by atoms with E-state index in [1.165, 1.54) is 51.6 Å². The molecule has 0 aromatic rings. The van der Waals surface area contributed by atoms with Crippen LogP contribution in [0, 0.1) is 11.3 Å². The first kappa shape index (κ1) is 16.7. The van der Waals surface area contributed by atoms with E-state index in [2.05, 4.69) is 25.7 Å². The highest BCUT2D eigenvalue weighted by atomic mass is 16.7. The zero-order chi connectivity index (χ0) is 15.6. The predicted molar refractivity (Wildman–Crippen MR) is 89.9 cm³/mol. The molecule has 1 saturated carbocycles. The lowest BCUT2D eigenvalue weighted by molar-refractivity contribution is -0.197. The topological polar surface area (TPSA) is 21.7 Å². The molecule has 0 aromatic carbocycles. The minimum atomic E-state index is -0.238. The van der Waals surface area contributed by atoms with Crippen LogP contribution >= 0.6 is 0 Å². The summed E-state index contributed by atoms with van der Waals surface area (Å²) < 4.78 is 12.6. The van der Waals surface area contributed by atoms with Crippen LogP contribution in [0.3, 0.4) is 0 Å². The van der Waals surface area contributed by atoms with Gasteiger partial charge in [0.25, 0.3) is 0 Å². The summed E-state index contributed by atoms with van der Waals surface area (Å²) in [7, 11) is 0. The Balaban J connectivity index is 1.48. The van der Waals surface area contributed by atoms with Gasteiger partial charge in [-0.25, -0.2) is 0 Å². The molecule has 3 nitrogen and oxygen atoms in total. The van der Waals surface area contributed by atoms with Crippen LogP contribution < -0.4 is 0 Å². The number of ether oxygens (including phenoxy) is 2. The van der Waals surface area contributed by atoms with E-state index in [-0.39, 0.29) is 5.79 Å². The van der Waals surface area contributed by atoms with Crippen molar-refractivity contribution in [3.8, 4) is 0 Å². The monoisotopic (exact) mass is 309 g/mol. The Morgan fingerprint density at radius 2 is 1.64 bits per heavy atom. The summed E-state index contributed by atoms with van der Waals surface area (Å²) in [6.07, 6.45) is 10.5. The van der Waals surface area contributed by atoms with Crippen molar-refractivity contribution < 1.29 is 9.47 Å². The highest BCUT2D eigenvalue weighted by molar-refractivity contribution is 4.89. The Morgan fingerprint density at radius 1 is 1.00 bits per heavy atom. The number of rotatable bonds is 2. The van der Waals surface area contributed by atoms with Gasteiger partial charge in [-0.15, -0.1) is 0 Å². The van der Waals surface area contributed by atoms with Gasteiger partial charge in [0, 0.05) is 19.4 Å². The van der Waals surface area contributed by atoms with E-state index in [9.17, 15) is 0 Å². The molecule has 0 N–H and O–H groups in total. The van der Waals surface area contributed by atoms with Crippen LogP contribution in [0.25, 0.3) is 0 Å². The summed E-state index contributed by atoms with van der Waals surface area (Å²) in [4.78, 5) is 2.60. The minimum absolute atomic E-state index is 0.238. The fraction of sp³-hybridized carbons (Fsp3) is 1.00. The third kappa shape index (κ3) is 4.04. The first-order chi connectivity index (χ1) is 10.5. The molecule has 2 aliphatic heterocycles. The Hall–Kier alpha value is -0.120. The van der Waals surface area contributed by atoms with Gasteiger partial charge in [-0.3, -0.25) is 0 Å². The van der Waals surface area contributed by atoms with Crippen molar-refractivity contribution in [2.45, 2.75) is 84.0 Å². The molecule has 3 aliphatic rings. The van der Waals surface area contributed by atoms with E-state index in [1.54, 1.807) is 0 Å². The van der Waals surface area contributed by atoms with Gasteiger partial charge in [0.05, 0.1) is 12.7 Å². The molecule has 2 saturated heterocycles. The Bertz CT molecular complexity index is 347. The van der Waals surface area contributed by atoms with Gasteiger partial charge in [0.2, 0.25) is 0 Å². The molecule has 0 aromatic heterocycles. The molecule has 128 valence electrons. The lowest BCUT2D eigenvalue weighted by Crippen LogP contribution is -2.40. The standard InChI is InChI=1S/C19H35NO2/c1-18(2,3)16-8-10-19(11-9-16)21-15-17(22-19)14-20-12-6-4-5-7-13-20/h16-17H,4-15H2,1-3H3. The average Bonchev–Trinajstić information content (AvgIpc) is 2.69. The third-order valence-electron chi connectivity index (χ3n) is 6.05. The molecule has 1 aliphatic carbocycles. The Morgan fingerprint density at radius 3 is 2.23 bits per heavy atom. The summed E-state index contributed by atoms with van der Waals surface area (Å²) in [6, 6.07) is 0. The molecule has 0 amide bonds. The van der Waals surface area contributed by atoms with E-state index in [0.717, 1.165) is 31.9 Å². The Labute approximate surface area is 136 Å². The molecular formula is C19H35NO2. The normalized spacial score (nSPS) is 38.3. The second-order valence-electron chi connectivity index (χ2n) is 8.82. The molecule has 1 atom stereocenters. The van der Waals surface area contributed by atoms with Crippen LogP contribution in [0.2, 0.25) is 0 Å². The molecular weight excluding hydrogens is 274 g/mol. The van der Waals surface area contributed by atoms with Gasteiger partial charge in [0.15, 0.2) is 5.79 Å². The summed E-state index contributed by atoms with van der Waals surface area (Å²) in [5.41, 5.74) is 0.422.